The zero-order chi connectivity index (χ0) is 20.8. The average Bonchev–Trinajstić information content (AvgIpc) is 2.72. The Morgan fingerprint density at radius 2 is 1.79 bits per heavy atom. The molecule has 0 amide bonds. The van der Waals surface area contributed by atoms with Gasteiger partial charge in [0.15, 0.2) is 0 Å². The van der Waals surface area contributed by atoms with Crippen LogP contribution in [0.3, 0.4) is 0 Å². The first kappa shape index (κ1) is 21.5. The van der Waals surface area contributed by atoms with Crippen molar-refractivity contribution in [1.82, 2.24) is 0 Å². The van der Waals surface area contributed by atoms with Crippen LogP contribution in [0.2, 0.25) is 0 Å². The largest absolute Gasteiger partial charge is 0.495 e. The van der Waals surface area contributed by atoms with Gasteiger partial charge < -0.3 is 24.4 Å². The van der Waals surface area contributed by atoms with Crippen LogP contribution < -0.4 is 19.3 Å². The molecule has 0 bridgehead atoms. The number of quaternary nitrogens is 1. The van der Waals surface area contributed by atoms with E-state index in [4.69, 9.17) is 9.47 Å². The molecule has 158 valence electrons. The molecule has 1 aliphatic heterocycles. The van der Waals surface area contributed by atoms with Crippen molar-refractivity contribution in [2.24, 2.45) is 0 Å². The standard InChI is InChI=1S/C24H34N2O3/c1-18(2)21-10-9-19(3)15-24(21)29-17-20(27)16-25-11-13-26(14-12-25)22-7-5-6-8-23(22)28-4/h5-10,15,18,20,27H,11-14,16-17H2,1-4H3/p+1/t20-/m1/s1. The van der Waals surface area contributed by atoms with Gasteiger partial charge in [-0.15, -0.1) is 0 Å². The average molecular weight is 400 g/mol. The number of nitrogens with zero attached hydrogens (tertiary/aromatic N) is 1. The number of para-hydroxylation sites is 2. The second kappa shape index (κ2) is 9.99. The van der Waals surface area contributed by atoms with Crippen LogP contribution in [-0.2, 0) is 0 Å². The lowest BCUT2D eigenvalue weighted by Gasteiger charge is -2.35. The van der Waals surface area contributed by atoms with Gasteiger partial charge in [0.25, 0.3) is 0 Å². The number of rotatable bonds is 8. The van der Waals surface area contributed by atoms with Crippen molar-refractivity contribution < 1.29 is 19.5 Å². The highest BCUT2D eigenvalue weighted by Crippen LogP contribution is 2.28. The molecule has 3 rings (SSSR count). The molecule has 1 heterocycles. The molecule has 5 heteroatoms. The van der Waals surface area contributed by atoms with Crippen LogP contribution in [0.1, 0.15) is 30.9 Å². The first-order valence-electron chi connectivity index (χ1n) is 10.6. The van der Waals surface area contributed by atoms with Crippen LogP contribution in [-0.4, -0.2) is 57.7 Å². The molecule has 0 spiro atoms. The van der Waals surface area contributed by atoms with E-state index in [1.165, 1.54) is 16.0 Å². The number of aliphatic hydroxyl groups excluding tert-OH is 1. The lowest BCUT2D eigenvalue weighted by atomic mass is 10.0. The molecular formula is C24H35N2O3+. The smallest absolute Gasteiger partial charge is 0.142 e. The summed E-state index contributed by atoms with van der Waals surface area (Å²) in [6.45, 7) is 11.4. The molecule has 0 unspecified atom stereocenters. The second-order valence-electron chi connectivity index (χ2n) is 8.27. The van der Waals surface area contributed by atoms with Crippen LogP contribution in [0.5, 0.6) is 11.5 Å². The monoisotopic (exact) mass is 399 g/mol. The summed E-state index contributed by atoms with van der Waals surface area (Å²) in [4.78, 5) is 3.79. The molecule has 1 atom stereocenters. The lowest BCUT2D eigenvalue weighted by Crippen LogP contribution is -3.16. The normalized spacial score (nSPS) is 16.1. The Labute approximate surface area is 174 Å². The van der Waals surface area contributed by atoms with Gasteiger partial charge in [-0.3, -0.25) is 0 Å². The van der Waals surface area contributed by atoms with Crippen molar-refractivity contribution in [2.45, 2.75) is 32.8 Å². The Kier molecular flexibility index (Phi) is 7.40. The molecule has 0 saturated carbocycles. The molecule has 0 aromatic heterocycles. The Bertz CT molecular complexity index is 785. The molecule has 0 radical (unpaired) electrons. The van der Waals surface area contributed by atoms with E-state index in [1.54, 1.807) is 7.11 Å². The molecule has 1 fully saturated rings. The van der Waals surface area contributed by atoms with E-state index >= 15 is 0 Å². The SMILES string of the molecule is COc1ccccc1N1CC[NH+](C[C@@H](O)COc2cc(C)ccc2C(C)C)CC1. The Morgan fingerprint density at radius 3 is 2.48 bits per heavy atom. The molecule has 5 nitrogen and oxygen atoms in total. The number of nitrogens with one attached hydrogen (secondary N) is 1. The summed E-state index contributed by atoms with van der Waals surface area (Å²) < 4.78 is 11.5. The van der Waals surface area contributed by atoms with E-state index in [1.807, 2.05) is 12.1 Å². The Balaban J connectivity index is 1.49. The Morgan fingerprint density at radius 1 is 1.07 bits per heavy atom. The fourth-order valence-electron chi connectivity index (χ4n) is 3.98. The van der Waals surface area contributed by atoms with Gasteiger partial charge in [-0.05, 0) is 42.2 Å². The van der Waals surface area contributed by atoms with Crippen LogP contribution in [0.15, 0.2) is 42.5 Å². The van der Waals surface area contributed by atoms with E-state index in [2.05, 4.69) is 56.0 Å². The number of methoxy groups -OCH3 is 1. The number of hydrogen-bond acceptors (Lipinski definition) is 4. The number of aryl methyl sites for hydroxylation is 1. The van der Waals surface area contributed by atoms with Gasteiger partial charge in [0, 0.05) is 0 Å². The maximum atomic E-state index is 10.5. The predicted octanol–water partition coefficient (Wildman–Crippen LogP) is 2.27. The van der Waals surface area contributed by atoms with Crippen molar-refractivity contribution in [1.29, 1.82) is 0 Å². The number of hydrogen-bond donors (Lipinski definition) is 2. The highest BCUT2D eigenvalue weighted by molar-refractivity contribution is 5.58. The molecule has 2 N–H and O–H groups in total. The third kappa shape index (κ3) is 5.64. The van der Waals surface area contributed by atoms with Crippen LogP contribution in [0, 0.1) is 6.92 Å². The summed E-state index contributed by atoms with van der Waals surface area (Å²) in [6, 6.07) is 14.5. The minimum absolute atomic E-state index is 0.336. The molecule has 1 saturated heterocycles. The van der Waals surface area contributed by atoms with E-state index in [9.17, 15) is 5.11 Å². The van der Waals surface area contributed by atoms with E-state index in [0.717, 1.165) is 43.4 Å². The van der Waals surface area contributed by atoms with Gasteiger partial charge in [0.05, 0.1) is 39.0 Å². The van der Waals surface area contributed by atoms with Gasteiger partial charge in [-0.2, -0.15) is 0 Å². The van der Waals surface area contributed by atoms with Crippen molar-refractivity contribution in [3.05, 3.63) is 53.6 Å². The fraction of sp³-hybridized carbons (Fsp3) is 0.500. The zero-order valence-corrected chi connectivity index (χ0v) is 18.1. The highest BCUT2D eigenvalue weighted by atomic mass is 16.5. The minimum Gasteiger partial charge on any atom is -0.495 e. The third-order valence-corrected chi connectivity index (χ3v) is 5.64. The summed E-state index contributed by atoms with van der Waals surface area (Å²) >= 11 is 0. The fourth-order valence-corrected chi connectivity index (χ4v) is 3.98. The Hall–Kier alpha value is -2.24. The van der Waals surface area contributed by atoms with Crippen LogP contribution in [0.25, 0.3) is 0 Å². The molecule has 1 aliphatic rings. The minimum atomic E-state index is -0.469. The molecular weight excluding hydrogens is 364 g/mol. The van der Waals surface area contributed by atoms with Gasteiger partial charge in [0.1, 0.15) is 30.8 Å². The topological polar surface area (TPSA) is 46.4 Å². The predicted molar refractivity (Wildman–Crippen MR) is 118 cm³/mol. The summed E-state index contributed by atoms with van der Waals surface area (Å²) in [7, 11) is 1.72. The molecule has 29 heavy (non-hydrogen) atoms. The third-order valence-electron chi connectivity index (χ3n) is 5.64. The van der Waals surface area contributed by atoms with Crippen molar-refractivity contribution >= 4 is 5.69 Å². The van der Waals surface area contributed by atoms with E-state index in [-0.39, 0.29) is 0 Å². The van der Waals surface area contributed by atoms with Gasteiger partial charge >= 0.3 is 0 Å². The van der Waals surface area contributed by atoms with Gasteiger partial charge in [0.2, 0.25) is 0 Å². The second-order valence-corrected chi connectivity index (χ2v) is 8.27. The van der Waals surface area contributed by atoms with E-state index in [0.29, 0.717) is 19.1 Å². The quantitative estimate of drug-likeness (QED) is 0.715. The van der Waals surface area contributed by atoms with Crippen molar-refractivity contribution in [3.8, 4) is 11.5 Å². The lowest BCUT2D eigenvalue weighted by molar-refractivity contribution is -0.903. The number of aliphatic hydroxyl groups is 1. The summed E-state index contributed by atoms with van der Waals surface area (Å²) in [5.41, 5.74) is 3.52. The van der Waals surface area contributed by atoms with Gasteiger partial charge in [-0.1, -0.05) is 38.1 Å². The van der Waals surface area contributed by atoms with E-state index < -0.39 is 6.10 Å². The maximum absolute atomic E-state index is 10.5. The molecule has 2 aromatic rings. The number of anilines is 1. The number of benzene rings is 2. The van der Waals surface area contributed by atoms with Crippen LogP contribution in [0.4, 0.5) is 5.69 Å². The van der Waals surface area contributed by atoms with Crippen molar-refractivity contribution in [3.63, 3.8) is 0 Å². The van der Waals surface area contributed by atoms with Crippen molar-refractivity contribution in [2.75, 3.05) is 51.3 Å². The summed E-state index contributed by atoms with van der Waals surface area (Å²) in [6.07, 6.45) is -0.469. The number of piperazine rings is 1. The number of ether oxygens (including phenoxy) is 2. The first-order valence-corrected chi connectivity index (χ1v) is 10.6. The molecule has 0 aliphatic carbocycles. The van der Waals surface area contributed by atoms with Crippen LogP contribution >= 0.6 is 0 Å². The molecule has 2 aromatic carbocycles. The van der Waals surface area contributed by atoms with Gasteiger partial charge in [-0.25, -0.2) is 0 Å². The maximum Gasteiger partial charge on any atom is 0.142 e. The highest BCUT2D eigenvalue weighted by Gasteiger charge is 2.24. The first-order chi connectivity index (χ1) is 14.0. The summed E-state index contributed by atoms with van der Waals surface area (Å²) in [5.74, 6) is 2.22. The zero-order valence-electron chi connectivity index (χ0n) is 18.1. The summed E-state index contributed by atoms with van der Waals surface area (Å²) in [5, 5.41) is 10.5.